The molecule has 2 aliphatic heterocycles. The van der Waals surface area contributed by atoms with Crippen LogP contribution in [0.4, 0.5) is 16.2 Å². The molecule has 2 fully saturated rings. The van der Waals surface area contributed by atoms with Gasteiger partial charge in [0.05, 0.1) is 6.26 Å². The number of hydrogen-bond donors (Lipinski definition) is 1. The predicted molar refractivity (Wildman–Crippen MR) is 99.8 cm³/mol. The number of nitrogens with one attached hydrogen (secondary N) is 1. The Morgan fingerprint density at radius 3 is 2.19 bits per heavy atom. The molecule has 0 radical (unpaired) electrons. The molecule has 1 N–H and O–H groups in total. The molecule has 2 heterocycles. The van der Waals surface area contributed by atoms with Gasteiger partial charge in [0.15, 0.2) is 0 Å². The van der Waals surface area contributed by atoms with E-state index in [0.29, 0.717) is 31.7 Å². The van der Waals surface area contributed by atoms with Crippen LogP contribution in [0.1, 0.15) is 19.3 Å². The van der Waals surface area contributed by atoms with Gasteiger partial charge in [0.1, 0.15) is 6.04 Å². The van der Waals surface area contributed by atoms with E-state index in [0.717, 1.165) is 29.1 Å². The van der Waals surface area contributed by atoms with E-state index in [2.05, 4.69) is 5.32 Å². The Labute approximate surface area is 153 Å². The topological polar surface area (TPSA) is 90.0 Å². The summed E-state index contributed by atoms with van der Waals surface area (Å²) in [6.45, 7) is 1.90. The van der Waals surface area contributed by atoms with Gasteiger partial charge in [-0.2, -0.15) is 4.31 Å². The summed E-state index contributed by atoms with van der Waals surface area (Å²) >= 11 is 0. The third-order valence-electron chi connectivity index (χ3n) is 4.93. The van der Waals surface area contributed by atoms with Crippen molar-refractivity contribution in [2.45, 2.75) is 25.3 Å². The molecular formula is C17H24N4O4S. The first-order chi connectivity index (χ1) is 12.3. The average molecular weight is 380 g/mol. The smallest absolute Gasteiger partial charge is 0.321 e. The fourth-order valence-corrected chi connectivity index (χ4v) is 4.03. The number of piperidine rings is 1. The van der Waals surface area contributed by atoms with Crippen molar-refractivity contribution in [1.29, 1.82) is 0 Å². The van der Waals surface area contributed by atoms with Crippen molar-refractivity contribution in [3.05, 3.63) is 24.3 Å². The van der Waals surface area contributed by atoms with E-state index in [4.69, 9.17) is 0 Å². The first kappa shape index (κ1) is 18.7. The first-order valence-electron chi connectivity index (χ1n) is 8.69. The third-order valence-corrected chi connectivity index (χ3v) is 6.23. The van der Waals surface area contributed by atoms with Gasteiger partial charge < -0.3 is 10.2 Å². The number of urea groups is 1. The zero-order valence-electron chi connectivity index (χ0n) is 15.0. The molecule has 8 nitrogen and oxygen atoms in total. The highest BCUT2D eigenvalue weighted by Crippen LogP contribution is 2.27. The van der Waals surface area contributed by atoms with E-state index in [1.807, 2.05) is 12.1 Å². The van der Waals surface area contributed by atoms with Crippen molar-refractivity contribution in [3.8, 4) is 0 Å². The minimum Gasteiger partial charge on any atom is -0.338 e. The molecule has 2 aliphatic rings. The zero-order valence-corrected chi connectivity index (χ0v) is 15.8. The van der Waals surface area contributed by atoms with Gasteiger partial charge in [-0.05, 0) is 43.5 Å². The summed E-state index contributed by atoms with van der Waals surface area (Å²) in [5.41, 5.74) is 1.49. The van der Waals surface area contributed by atoms with Crippen LogP contribution >= 0.6 is 0 Å². The zero-order chi connectivity index (χ0) is 18.9. The second-order valence-corrected chi connectivity index (χ2v) is 8.72. The quantitative estimate of drug-likeness (QED) is 0.844. The summed E-state index contributed by atoms with van der Waals surface area (Å²) in [5, 5.41) is 2.81. The first-order valence-corrected chi connectivity index (χ1v) is 10.5. The molecule has 9 heteroatoms. The number of anilines is 2. The lowest BCUT2D eigenvalue weighted by Crippen LogP contribution is -2.52. The molecule has 0 aliphatic carbocycles. The van der Waals surface area contributed by atoms with Crippen LogP contribution in [0.3, 0.4) is 0 Å². The van der Waals surface area contributed by atoms with Gasteiger partial charge in [0.25, 0.3) is 0 Å². The minimum absolute atomic E-state index is 0.118. The van der Waals surface area contributed by atoms with E-state index in [9.17, 15) is 18.0 Å². The highest BCUT2D eigenvalue weighted by molar-refractivity contribution is 7.88. The van der Waals surface area contributed by atoms with Crippen LogP contribution in [0.25, 0.3) is 0 Å². The molecule has 2 saturated heterocycles. The minimum atomic E-state index is -3.43. The summed E-state index contributed by atoms with van der Waals surface area (Å²) in [5.74, 6) is -0.215. The fourth-order valence-electron chi connectivity index (χ4n) is 3.37. The summed E-state index contributed by atoms with van der Waals surface area (Å²) in [7, 11) is -1.99. The molecule has 1 aromatic rings. The second-order valence-electron chi connectivity index (χ2n) is 6.68. The fraction of sp³-hybridized carbons (Fsp3) is 0.529. The summed E-state index contributed by atoms with van der Waals surface area (Å²) < 4.78 is 24.7. The van der Waals surface area contributed by atoms with Gasteiger partial charge >= 0.3 is 6.03 Å². The van der Waals surface area contributed by atoms with Gasteiger partial charge in [-0.1, -0.05) is 0 Å². The van der Waals surface area contributed by atoms with Crippen molar-refractivity contribution >= 4 is 33.3 Å². The number of rotatable bonds is 4. The van der Waals surface area contributed by atoms with Crippen LogP contribution in [0, 0.1) is 0 Å². The lowest BCUT2D eigenvalue weighted by Gasteiger charge is -2.36. The molecule has 1 atom stereocenters. The molecule has 0 bridgehead atoms. The number of hydrogen-bond acceptors (Lipinski definition) is 4. The van der Waals surface area contributed by atoms with E-state index < -0.39 is 16.1 Å². The van der Waals surface area contributed by atoms with Crippen LogP contribution in [0.5, 0.6) is 0 Å². The van der Waals surface area contributed by atoms with Crippen LogP contribution in [-0.2, 0) is 14.8 Å². The Bertz CT molecular complexity index is 793. The van der Waals surface area contributed by atoms with Crippen LogP contribution in [0.15, 0.2) is 24.3 Å². The summed E-state index contributed by atoms with van der Waals surface area (Å²) in [6.07, 6.45) is 3.24. The Morgan fingerprint density at radius 2 is 1.62 bits per heavy atom. The Morgan fingerprint density at radius 1 is 1.04 bits per heavy atom. The summed E-state index contributed by atoms with van der Waals surface area (Å²) in [6, 6.07) is 6.45. The average Bonchev–Trinajstić information content (AvgIpc) is 2.61. The molecule has 3 rings (SSSR count). The van der Waals surface area contributed by atoms with Crippen molar-refractivity contribution < 1.29 is 18.0 Å². The lowest BCUT2D eigenvalue weighted by molar-refractivity contribution is -0.123. The highest BCUT2D eigenvalue weighted by atomic mass is 32.2. The number of likely N-dealkylation sites (N-methyl/N-ethyl adjacent to an activating group) is 1. The van der Waals surface area contributed by atoms with Crippen LogP contribution in [0.2, 0.25) is 0 Å². The van der Waals surface area contributed by atoms with Crippen molar-refractivity contribution in [3.63, 3.8) is 0 Å². The number of benzene rings is 1. The maximum absolute atomic E-state index is 12.8. The highest BCUT2D eigenvalue weighted by Gasteiger charge is 2.36. The number of carbonyl (C=O) groups excluding carboxylic acids is 2. The molecule has 0 spiro atoms. The Hall–Kier alpha value is -2.13. The number of sulfonamides is 1. The lowest BCUT2D eigenvalue weighted by atomic mass is 10.0. The largest absolute Gasteiger partial charge is 0.338 e. The van der Waals surface area contributed by atoms with E-state index >= 15 is 0 Å². The molecule has 1 unspecified atom stereocenters. The predicted octanol–water partition coefficient (Wildman–Crippen LogP) is 0.993. The number of nitrogens with zero attached hydrogens (tertiary/aromatic N) is 3. The Balaban J connectivity index is 1.78. The van der Waals surface area contributed by atoms with E-state index in [-0.39, 0.29) is 11.9 Å². The van der Waals surface area contributed by atoms with Crippen LogP contribution in [-0.4, -0.2) is 63.6 Å². The monoisotopic (exact) mass is 380 g/mol. The van der Waals surface area contributed by atoms with Gasteiger partial charge in [0.2, 0.25) is 15.9 Å². The second kappa shape index (κ2) is 7.24. The maximum atomic E-state index is 12.8. The summed E-state index contributed by atoms with van der Waals surface area (Å²) in [4.78, 5) is 28.0. The molecule has 142 valence electrons. The van der Waals surface area contributed by atoms with E-state index in [1.165, 1.54) is 7.05 Å². The standard InChI is InChI=1S/C17H24N4O4S/c1-19(26(2,24)25)15-5-3-11-20(16(15)22)13-6-8-14(9-7-13)21-12-4-10-18-17(21)23/h6-9,15H,3-5,10-12H2,1-2H3,(H,18,23). The third kappa shape index (κ3) is 3.68. The SMILES string of the molecule is CN(C1CCCN(c2ccc(N3CCCNC3=O)cc2)C1=O)S(C)(=O)=O. The van der Waals surface area contributed by atoms with Gasteiger partial charge in [-0.25, -0.2) is 13.2 Å². The maximum Gasteiger partial charge on any atom is 0.321 e. The number of carbonyl (C=O) groups is 2. The molecule has 26 heavy (non-hydrogen) atoms. The Kier molecular flexibility index (Phi) is 5.19. The molecule has 1 aromatic carbocycles. The van der Waals surface area contributed by atoms with Gasteiger partial charge in [0, 0.05) is 38.1 Å². The van der Waals surface area contributed by atoms with Crippen molar-refractivity contribution in [2.75, 3.05) is 42.7 Å². The molecule has 3 amide bonds. The normalized spacial score (nSPS) is 21.9. The van der Waals surface area contributed by atoms with Gasteiger partial charge in [-0.15, -0.1) is 0 Å². The molecule has 0 aromatic heterocycles. The number of amides is 3. The van der Waals surface area contributed by atoms with Crippen molar-refractivity contribution in [2.24, 2.45) is 0 Å². The van der Waals surface area contributed by atoms with Gasteiger partial charge in [-0.3, -0.25) is 9.69 Å². The van der Waals surface area contributed by atoms with Crippen LogP contribution < -0.4 is 15.1 Å². The van der Waals surface area contributed by atoms with E-state index in [1.54, 1.807) is 21.9 Å². The molecule has 0 saturated carbocycles. The van der Waals surface area contributed by atoms with Crippen molar-refractivity contribution in [1.82, 2.24) is 9.62 Å². The molecular weight excluding hydrogens is 356 g/mol.